The lowest BCUT2D eigenvalue weighted by atomic mass is 10.1. The van der Waals surface area contributed by atoms with Crippen LogP contribution >= 0.6 is 12.4 Å². The van der Waals surface area contributed by atoms with Crippen molar-refractivity contribution in [3.8, 4) is 0 Å². The average molecular weight is 326 g/mol. The molecule has 0 fully saturated rings. The fourth-order valence-electron chi connectivity index (χ4n) is 2.45. The molecule has 1 aromatic carbocycles. The topological polar surface area (TPSA) is 80.1 Å². The van der Waals surface area contributed by atoms with E-state index in [0.29, 0.717) is 19.5 Å². The second-order valence-corrected chi connectivity index (χ2v) is 5.21. The first-order chi connectivity index (χ1) is 10.2. The highest BCUT2D eigenvalue weighted by Crippen LogP contribution is 2.21. The molecule has 4 N–H and O–H groups in total. The van der Waals surface area contributed by atoms with Gasteiger partial charge in [0.25, 0.3) is 0 Å². The zero-order valence-corrected chi connectivity index (χ0v) is 13.8. The maximum absolute atomic E-state index is 11.8. The Kier molecular flexibility index (Phi) is 7.38. The summed E-state index contributed by atoms with van der Waals surface area (Å²) in [5.41, 5.74) is 9.12. The number of fused-ring (bicyclic) bond motifs is 1. The third kappa shape index (κ3) is 4.47. The summed E-state index contributed by atoms with van der Waals surface area (Å²) in [7, 11) is 1.57. The Bertz CT molecular complexity index is 608. The summed E-state index contributed by atoms with van der Waals surface area (Å²) in [6.07, 6.45) is 2.91. The van der Waals surface area contributed by atoms with Gasteiger partial charge in [-0.15, -0.1) is 12.4 Å². The molecule has 2 aromatic rings. The number of H-pyrrole nitrogens is 1. The van der Waals surface area contributed by atoms with E-state index in [0.717, 1.165) is 6.42 Å². The molecule has 1 aromatic heterocycles. The van der Waals surface area contributed by atoms with Crippen LogP contribution in [0, 0.1) is 6.92 Å². The number of nitrogens with one attached hydrogen (secondary N) is 2. The summed E-state index contributed by atoms with van der Waals surface area (Å²) in [6, 6.07) is 6.24. The van der Waals surface area contributed by atoms with Crippen molar-refractivity contribution in [1.82, 2.24) is 10.3 Å². The Morgan fingerprint density at radius 2 is 2.23 bits per heavy atom. The average Bonchev–Trinajstić information content (AvgIpc) is 2.89. The third-order valence-corrected chi connectivity index (χ3v) is 3.74. The van der Waals surface area contributed by atoms with Gasteiger partial charge < -0.3 is 20.8 Å². The Morgan fingerprint density at radius 1 is 1.45 bits per heavy atom. The van der Waals surface area contributed by atoms with Crippen LogP contribution in [0.4, 0.5) is 0 Å². The van der Waals surface area contributed by atoms with Crippen molar-refractivity contribution in [2.24, 2.45) is 5.73 Å². The summed E-state index contributed by atoms with van der Waals surface area (Å²) >= 11 is 0. The van der Waals surface area contributed by atoms with Gasteiger partial charge in [0, 0.05) is 37.3 Å². The largest absolute Gasteiger partial charge is 0.380 e. The number of benzene rings is 1. The van der Waals surface area contributed by atoms with Crippen LogP contribution in [0.25, 0.3) is 10.9 Å². The first kappa shape index (κ1) is 18.5. The van der Waals surface area contributed by atoms with Gasteiger partial charge in [-0.1, -0.05) is 18.2 Å². The van der Waals surface area contributed by atoms with Gasteiger partial charge in [0.05, 0.1) is 12.5 Å². The Labute approximate surface area is 137 Å². The van der Waals surface area contributed by atoms with Crippen molar-refractivity contribution in [1.29, 1.82) is 0 Å². The van der Waals surface area contributed by atoms with Crippen molar-refractivity contribution < 1.29 is 9.53 Å². The standard InChI is InChI=1S/C16H23N3O2.ClH/c1-11-4-3-5-14-12(10-19-16(11)14)6-7-18-15(20)8-13(9-17)21-2;/h3-5,10,13,19H,6-9,17H2,1-2H3,(H,18,20);1H. The van der Waals surface area contributed by atoms with E-state index in [9.17, 15) is 4.79 Å². The number of nitrogens with two attached hydrogens (primary N) is 1. The van der Waals surface area contributed by atoms with E-state index in [1.807, 2.05) is 6.20 Å². The third-order valence-electron chi connectivity index (χ3n) is 3.74. The van der Waals surface area contributed by atoms with Crippen LogP contribution in [0.2, 0.25) is 0 Å². The van der Waals surface area contributed by atoms with E-state index in [4.69, 9.17) is 10.5 Å². The number of carbonyl (C=O) groups is 1. The van der Waals surface area contributed by atoms with E-state index >= 15 is 0 Å². The number of aromatic nitrogens is 1. The van der Waals surface area contributed by atoms with Crippen LogP contribution in [0.1, 0.15) is 17.5 Å². The summed E-state index contributed by atoms with van der Waals surface area (Å²) < 4.78 is 5.10. The second-order valence-electron chi connectivity index (χ2n) is 5.21. The van der Waals surface area contributed by atoms with E-state index in [-0.39, 0.29) is 24.4 Å². The number of carbonyl (C=O) groups excluding carboxylic acids is 1. The number of para-hydroxylation sites is 1. The maximum Gasteiger partial charge on any atom is 0.222 e. The monoisotopic (exact) mass is 325 g/mol. The second kappa shape index (κ2) is 8.78. The smallest absolute Gasteiger partial charge is 0.222 e. The first-order valence-electron chi connectivity index (χ1n) is 7.20. The molecule has 1 atom stereocenters. The SMILES string of the molecule is COC(CN)CC(=O)NCCc1c[nH]c2c(C)cccc12.Cl. The minimum Gasteiger partial charge on any atom is -0.380 e. The fourth-order valence-corrected chi connectivity index (χ4v) is 2.45. The lowest BCUT2D eigenvalue weighted by Crippen LogP contribution is -2.33. The molecule has 0 radical (unpaired) electrons. The number of aryl methyl sites for hydroxylation is 1. The van der Waals surface area contributed by atoms with Gasteiger partial charge in [-0.3, -0.25) is 4.79 Å². The molecule has 1 heterocycles. The zero-order chi connectivity index (χ0) is 15.2. The van der Waals surface area contributed by atoms with Crippen molar-refractivity contribution in [3.05, 3.63) is 35.5 Å². The number of aromatic amines is 1. The molecular weight excluding hydrogens is 302 g/mol. The number of halogens is 1. The number of rotatable bonds is 7. The first-order valence-corrected chi connectivity index (χ1v) is 7.20. The van der Waals surface area contributed by atoms with Crippen LogP contribution in [-0.4, -0.2) is 37.2 Å². The molecule has 0 aliphatic rings. The lowest BCUT2D eigenvalue weighted by Gasteiger charge is -2.12. The van der Waals surface area contributed by atoms with Crippen LogP contribution in [0.5, 0.6) is 0 Å². The van der Waals surface area contributed by atoms with Gasteiger partial charge in [-0.25, -0.2) is 0 Å². The number of hydrogen-bond donors (Lipinski definition) is 3. The van der Waals surface area contributed by atoms with Crippen LogP contribution in [0.15, 0.2) is 24.4 Å². The van der Waals surface area contributed by atoms with Crippen molar-refractivity contribution in [3.63, 3.8) is 0 Å². The zero-order valence-electron chi connectivity index (χ0n) is 13.0. The predicted molar refractivity (Wildman–Crippen MR) is 91.5 cm³/mol. The van der Waals surface area contributed by atoms with Gasteiger partial charge >= 0.3 is 0 Å². The summed E-state index contributed by atoms with van der Waals surface area (Å²) in [4.78, 5) is 15.1. The van der Waals surface area contributed by atoms with Gasteiger partial charge in [-0.2, -0.15) is 0 Å². The molecule has 0 aliphatic carbocycles. The minimum absolute atomic E-state index is 0. The molecule has 0 aliphatic heterocycles. The predicted octanol–water partition coefficient (Wildman–Crippen LogP) is 1.92. The summed E-state index contributed by atoms with van der Waals surface area (Å²) in [5.74, 6) is -0.0247. The summed E-state index contributed by atoms with van der Waals surface area (Å²) in [6.45, 7) is 3.05. The van der Waals surface area contributed by atoms with Crippen LogP contribution < -0.4 is 11.1 Å². The Balaban J connectivity index is 0.00000242. The normalized spacial score (nSPS) is 12.0. The molecule has 122 valence electrons. The Morgan fingerprint density at radius 3 is 2.91 bits per heavy atom. The van der Waals surface area contributed by atoms with Crippen LogP contribution in [0.3, 0.4) is 0 Å². The fraction of sp³-hybridized carbons (Fsp3) is 0.438. The highest BCUT2D eigenvalue weighted by Gasteiger charge is 2.11. The number of hydrogen-bond acceptors (Lipinski definition) is 3. The van der Waals surface area contributed by atoms with E-state index in [2.05, 4.69) is 35.4 Å². The number of ether oxygens (including phenoxy) is 1. The van der Waals surface area contributed by atoms with Crippen molar-refractivity contribution in [2.45, 2.75) is 25.9 Å². The van der Waals surface area contributed by atoms with Gasteiger partial charge in [0.1, 0.15) is 0 Å². The molecule has 5 nitrogen and oxygen atoms in total. The van der Waals surface area contributed by atoms with Crippen molar-refractivity contribution >= 4 is 29.2 Å². The molecule has 1 amide bonds. The highest BCUT2D eigenvalue weighted by molar-refractivity contribution is 5.86. The van der Waals surface area contributed by atoms with Gasteiger partial charge in [-0.05, 0) is 24.5 Å². The van der Waals surface area contributed by atoms with E-state index in [1.54, 1.807) is 7.11 Å². The molecule has 0 spiro atoms. The van der Waals surface area contributed by atoms with Gasteiger partial charge in [0.2, 0.25) is 5.91 Å². The molecule has 2 rings (SSSR count). The maximum atomic E-state index is 11.8. The Hall–Kier alpha value is -1.56. The van der Waals surface area contributed by atoms with Crippen LogP contribution in [-0.2, 0) is 16.0 Å². The minimum atomic E-state index is -0.208. The van der Waals surface area contributed by atoms with E-state index in [1.165, 1.54) is 22.0 Å². The number of amides is 1. The van der Waals surface area contributed by atoms with Gasteiger partial charge in [0.15, 0.2) is 0 Å². The molecule has 1 unspecified atom stereocenters. The summed E-state index contributed by atoms with van der Waals surface area (Å²) in [5, 5.41) is 4.13. The molecular formula is C16H24ClN3O2. The highest BCUT2D eigenvalue weighted by atomic mass is 35.5. The molecule has 0 bridgehead atoms. The quantitative estimate of drug-likeness (QED) is 0.727. The van der Waals surface area contributed by atoms with E-state index < -0.39 is 0 Å². The molecule has 6 heteroatoms. The molecule has 0 saturated carbocycles. The molecule has 22 heavy (non-hydrogen) atoms. The number of methoxy groups -OCH3 is 1. The lowest BCUT2D eigenvalue weighted by molar-refractivity contribution is -0.123. The molecule has 0 saturated heterocycles. The van der Waals surface area contributed by atoms with Crippen molar-refractivity contribution in [2.75, 3.05) is 20.2 Å².